The first-order chi connectivity index (χ1) is 13.2. The summed E-state index contributed by atoms with van der Waals surface area (Å²) in [6.45, 7) is 2.86. The van der Waals surface area contributed by atoms with E-state index in [1.807, 2.05) is 6.08 Å². The highest BCUT2D eigenvalue weighted by molar-refractivity contribution is 4.88. The number of unbranched alkanes of at least 4 members (excludes halogenated alkanes) is 11. The van der Waals surface area contributed by atoms with Gasteiger partial charge in [-0.05, 0) is 12.8 Å². The average molecular weight is 387 g/mol. The predicted octanol–water partition coefficient (Wildman–Crippen LogP) is 3.74. The lowest BCUT2D eigenvalue weighted by Crippen LogP contribution is -2.40. The minimum absolute atomic E-state index is 0.0573. The quantitative estimate of drug-likeness (QED) is 0.262. The first kappa shape index (κ1) is 24.6. The van der Waals surface area contributed by atoms with E-state index in [1.54, 1.807) is 0 Å². The molecule has 0 aromatic rings. The summed E-state index contributed by atoms with van der Waals surface area (Å²) in [7, 11) is 0. The van der Waals surface area contributed by atoms with E-state index >= 15 is 0 Å². The molecule has 1 saturated heterocycles. The lowest BCUT2D eigenvalue weighted by Gasteiger charge is -2.20. The Hall–Kier alpha value is -0.460. The molecule has 0 unspecified atom stereocenters. The molecule has 1 aliphatic heterocycles. The fourth-order valence-electron chi connectivity index (χ4n) is 3.43. The molecule has 27 heavy (non-hydrogen) atoms. The smallest absolute Gasteiger partial charge is 0.114 e. The molecule has 0 aromatic carbocycles. The predicted molar refractivity (Wildman–Crippen MR) is 109 cm³/mol. The molecule has 5 nitrogen and oxygen atoms in total. The van der Waals surface area contributed by atoms with E-state index in [0.29, 0.717) is 6.61 Å². The van der Waals surface area contributed by atoms with Crippen molar-refractivity contribution in [3.63, 3.8) is 0 Å². The number of rotatable bonds is 17. The first-order valence-electron chi connectivity index (χ1n) is 11.0. The zero-order chi connectivity index (χ0) is 19.7. The van der Waals surface area contributed by atoms with Gasteiger partial charge < -0.3 is 24.8 Å². The molecule has 0 aromatic heterocycles. The first-order valence-corrected chi connectivity index (χ1v) is 11.0. The molecule has 0 spiro atoms. The van der Waals surface area contributed by atoms with Gasteiger partial charge in [0.1, 0.15) is 24.4 Å². The van der Waals surface area contributed by atoms with Gasteiger partial charge in [0.15, 0.2) is 0 Å². The maximum atomic E-state index is 9.91. The molecule has 0 amide bonds. The van der Waals surface area contributed by atoms with Gasteiger partial charge in [-0.2, -0.15) is 0 Å². The van der Waals surface area contributed by atoms with Crippen LogP contribution >= 0.6 is 0 Å². The molecule has 1 rings (SSSR count). The average Bonchev–Trinajstić information content (AvgIpc) is 3.00. The molecule has 1 fully saturated rings. The van der Waals surface area contributed by atoms with Crippen molar-refractivity contribution >= 4 is 0 Å². The molecule has 0 radical (unpaired) electrons. The third-order valence-corrected chi connectivity index (χ3v) is 5.21. The number of ether oxygens (including phenoxy) is 2. The van der Waals surface area contributed by atoms with Gasteiger partial charge in [0, 0.05) is 0 Å². The summed E-state index contributed by atoms with van der Waals surface area (Å²) in [5, 5.41) is 29.0. The van der Waals surface area contributed by atoms with Gasteiger partial charge in [0.05, 0.1) is 19.8 Å². The summed E-state index contributed by atoms with van der Waals surface area (Å²) < 4.78 is 10.6. The number of hydrogen-bond donors (Lipinski definition) is 3. The van der Waals surface area contributed by atoms with Crippen molar-refractivity contribution in [3.8, 4) is 0 Å². The van der Waals surface area contributed by atoms with E-state index < -0.39 is 24.4 Å². The van der Waals surface area contributed by atoms with Crippen LogP contribution in [0.15, 0.2) is 12.2 Å². The monoisotopic (exact) mass is 386 g/mol. The normalized spacial score (nSPS) is 24.1. The Morgan fingerprint density at radius 3 is 2.07 bits per heavy atom. The maximum Gasteiger partial charge on any atom is 0.114 e. The molecule has 0 bridgehead atoms. The van der Waals surface area contributed by atoms with Crippen LogP contribution < -0.4 is 0 Å². The Labute approximate surface area is 165 Å². The largest absolute Gasteiger partial charge is 0.388 e. The summed E-state index contributed by atoms with van der Waals surface area (Å²) >= 11 is 0. The van der Waals surface area contributed by atoms with E-state index in [-0.39, 0.29) is 13.2 Å². The van der Waals surface area contributed by atoms with Crippen LogP contribution in [0.3, 0.4) is 0 Å². The van der Waals surface area contributed by atoms with Gasteiger partial charge in [-0.1, -0.05) is 83.3 Å². The Balaban J connectivity index is 1.83. The van der Waals surface area contributed by atoms with Gasteiger partial charge >= 0.3 is 0 Å². The molecule has 160 valence electrons. The second-order valence-corrected chi connectivity index (χ2v) is 7.76. The number of aliphatic hydroxyl groups excluding tert-OH is 3. The van der Waals surface area contributed by atoms with Crippen LogP contribution in [0.25, 0.3) is 0 Å². The van der Waals surface area contributed by atoms with Crippen molar-refractivity contribution in [2.75, 3.05) is 19.8 Å². The van der Waals surface area contributed by atoms with Crippen LogP contribution in [0.1, 0.15) is 84.0 Å². The Bertz CT molecular complexity index is 361. The molecule has 4 atom stereocenters. The number of allylic oxidation sites excluding steroid dienone is 1. The summed E-state index contributed by atoms with van der Waals surface area (Å²) in [4.78, 5) is 0. The Kier molecular flexibility index (Phi) is 15.0. The molecule has 3 N–H and O–H groups in total. The third-order valence-electron chi connectivity index (χ3n) is 5.21. The lowest BCUT2D eigenvalue weighted by molar-refractivity contribution is -0.0782. The molecule has 0 saturated carbocycles. The minimum Gasteiger partial charge on any atom is -0.388 e. The van der Waals surface area contributed by atoms with Crippen molar-refractivity contribution in [2.24, 2.45) is 0 Å². The van der Waals surface area contributed by atoms with Crippen molar-refractivity contribution in [3.05, 3.63) is 12.2 Å². The summed E-state index contributed by atoms with van der Waals surface area (Å²) in [5.41, 5.74) is 0. The fourth-order valence-corrected chi connectivity index (χ4v) is 3.43. The summed E-state index contributed by atoms with van der Waals surface area (Å²) in [5.74, 6) is 0. The standard InChI is InChI=1S/C22H42O5/c1-2-3-4-5-6-7-8-9-10-11-12-13-14-15-16-26-17-20(24)22-21(25)19(23)18-27-22/h14-15,19-25H,2-13,16-18H2,1H3/b15-14+/t19-,20+,21+,22+/m1/s1. The third kappa shape index (κ3) is 11.9. The SMILES string of the molecule is CCCCCCCCCCCCC/C=C/COC[C@H](O)[C@@H]1OC[C@@H](O)[C@@H]1O. The van der Waals surface area contributed by atoms with Crippen molar-refractivity contribution in [2.45, 2.75) is 108 Å². The molecule has 1 aliphatic rings. The Morgan fingerprint density at radius 2 is 1.52 bits per heavy atom. The van der Waals surface area contributed by atoms with E-state index in [1.165, 1.54) is 70.6 Å². The van der Waals surface area contributed by atoms with Crippen LogP contribution in [-0.4, -0.2) is 59.6 Å². The zero-order valence-corrected chi connectivity index (χ0v) is 17.2. The van der Waals surface area contributed by atoms with Crippen LogP contribution in [0, 0.1) is 0 Å². The van der Waals surface area contributed by atoms with Gasteiger partial charge in [-0.15, -0.1) is 0 Å². The van der Waals surface area contributed by atoms with Crippen molar-refractivity contribution < 1.29 is 24.8 Å². The van der Waals surface area contributed by atoms with Crippen LogP contribution in [0.2, 0.25) is 0 Å². The number of hydrogen-bond acceptors (Lipinski definition) is 5. The molecule has 5 heteroatoms. The lowest BCUT2D eigenvalue weighted by atomic mass is 10.1. The number of aliphatic hydroxyl groups is 3. The van der Waals surface area contributed by atoms with Crippen molar-refractivity contribution in [1.82, 2.24) is 0 Å². The van der Waals surface area contributed by atoms with Gasteiger partial charge in [0.2, 0.25) is 0 Å². The van der Waals surface area contributed by atoms with E-state index in [0.717, 1.165) is 6.42 Å². The summed E-state index contributed by atoms with van der Waals surface area (Å²) in [6.07, 6.45) is 16.5. The van der Waals surface area contributed by atoms with E-state index in [9.17, 15) is 15.3 Å². The van der Waals surface area contributed by atoms with Crippen LogP contribution in [0.4, 0.5) is 0 Å². The van der Waals surface area contributed by atoms with Gasteiger partial charge in [-0.3, -0.25) is 0 Å². The molecule has 0 aliphatic carbocycles. The maximum absolute atomic E-state index is 9.91. The minimum atomic E-state index is -1.04. The second kappa shape index (κ2) is 16.5. The zero-order valence-electron chi connectivity index (χ0n) is 17.2. The topological polar surface area (TPSA) is 79.2 Å². The second-order valence-electron chi connectivity index (χ2n) is 7.76. The molecular formula is C22H42O5. The van der Waals surface area contributed by atoms with Gasteiger partial charge in [-0.25, -0.2) is 0 Å². The van der Waals surface area contributed by atoms with Crippen molar-refractivity contribution in [1.29, 1.82) is 0 Å². The van der Waals surface area contributed by atoms with Gasteiger partial charge in [0.25, 0.3) is 0 Å². The summed E-state index contributed by atoms with van der Waals surface area (Å²) in [6, 6.07) is 0. The highest BCUT2D eigenvalue weighted by Crippen LogP contribution is 2.17. The Morgan fingerprint density at radius 1 is 0.926 bits per heavy atom. The van der Waals surface area contributed by atoms with E-state index in [2.05, 4.69) is 13.0 Å². The highest BCUT2D eigenvalue weighted by atomic mass is 16.5. The van der Waals surface area contributed by atoms with Crippen LogP contribution in [0.5, 0.6) is 0 Å². The van der Waals surface area contributed by atoms with Crippen LogP contribution in [-0.2, 0) is 9.47 Å². The fraction of sp³-hybridized carbons (Fsp3) is 0.909. The van der Waals surface area contributed by atoms with E-state index in [4.69, 9.17) is 9.47 Å². The molecule has 1 heterocycles. The highest BCUT2D eigenvalue weighted by Gasteiger charge is 2.39. The molecular weight excluding hydrogens is 344 g/mol.